The lowest BCUT2D eigenvalue weighted by Crippen LogP contribution is -2.30. The Morgan fingerprint density at radius 3 is 2.41 bits per heavy atom. The first-order chi connectivity index (χ1) is 8.02. The van der Waals surface area contributed by atoms with E-state index in [0.717, 1.165) is 0 Å². The summed E-state index contributed by atoms with van der Waals surface area (Å²) in [6.07, 6.45) is 0.199. The second-order valence-electron chi connectivity index (χ2n) is 4.30. The van der Waals surface area contributed by atoms with Gasteiger partial charge in [0.2, 0.25) is 0 Å². The van der Waals surface area contributed by atoms with Crippen molar-refractivity contribution in [1.29, 1.82) is 0 Å². The van der Waals surface area contributed by atoms with Gasteiger partial charge in [-0.3, -0.25) is 4.57 Å². The van der Waals surface area contributed by atoms with Gasteiger partial charge in [-0.05, 0) is 26.2 Å². The largest absolute Gasteiger partial charge is 0.390 e. The average Bonchev–Trinajstić information content (AvgIpc) is 2.64. The Kier molecular flexibility index (Phi) is 6.10. The molecule has 0 aromatic rings. The fourth-order valence-corrected chi connectivity index (χ4v) is 4.12. The van der Waals surface area contributed by atoms with Gasteiger partial charge < -0.3 is 18.9 Å². The molecule has 1 fully saturated rings. The molecule has 17 heavy (non-hydrogen) atoms. The second-order valence-corrected chi connectivity index (χ2v) is 6.40. The van der Waals surface area contributed by atoms with Crippen molar-refractivity contribution in [3.63, 3.8) is 0 Å². The van der Waals surface area contributed by atoms with Crippen LogP contribution in [0.4, 0.5) is 0 Å². The van der Waals surface area contributed by atoms with E-state index >= 15 is 0 Å². The third-order valence-corrected chi connectivity index (χ3v) is 5.15. The molecule has 1 heterocycles. The Hall–Kier alpha value is 0.0700. The van der Waals surface area contributed by atoms with Gasteiger partial charge in [0, 0.05) is 6.61 Å². The molecule has 1 N–H and O–H groups in total. The van der Waals surface area contributed by atoms with Crippen molar-refractivity contribution >= 4 is 7.60 Å². The van der Waals surface area contributed by atoms with Crippen LogP contribution in [0.3, 0.4) is 0 Å². The van der Waals surface area contributed by atoms with Crippen LogP contribution < -0.4 is 0 Å². The molecule has 6 heteroatoms. The quantitative estimate of drug-likeness (QED) is 0.714. The molecule has 102 valence electrons. The number of hydrogen-bond acceptors (Lipinski definition) is 5. The van der Waals surface area contributed by atoms with Gasteiger partial charge in [0.1, 0.15) is 0 Å². The molecule has 0 bridgehead atoms. The molecule has 1 aliphatic rings. The Morgan fingerprint density at radius 1 is 1.41 bits per heavy atom. The minimum absolute atomic E-state index is 0.0450. The zero-order valence-corrected chi connectivity index (χ0v) is 11.7. The zero-order valence-electron chi connectivity index (χ0n) is 10.8. The van der Waals surface area contributed by atoms with Gasteiger partial charge in [-0.25, -0.2) is 0 Å². The van der Waals surface area contributed by atoms with Crippen LogP contribution >= 0.6 is 7.60 Å². The number of rotatable bonds is 7. The summed E-state index contributed by atoms with van der Waals surface area (Å²) in [7, 11) is -3.05. The highest BCUT2D eigenvalue weighted by Crippen LogP contribution is 2.50. The molecule has 0 amide bonds. The van der Waals surface area contributed by atoms with Crippen molar-refractivity contribution in [3.8, 4) is 0 Å². The van der Waals surface area contributed by atoms with Gasteiger partial charge in [0.25, 0.3) is 0 Å². The van der Waals surface area contributed by atoms with Crippen molar-refractivity contribution in [2.75, 3.05) is 26.0 Å². The molecular weight excluding hydrogens is 243 g/mol. The Balaban J connectivity index is 2.57. The number of aliphatic hydroxyl groups excluding tert-OH is 1. The molecule has 0 spiro atoms. The lowest BCUT2D eigenvalue weighted by molar-refractivity contribution is 0.0112. The van der Waals surface area contributed by atoms with Crippen molar-refractivity contribution in [1.82, 2.24) is 0 Å². The highest BCUT2D eigenvalue weighted by atomic mass is 31.2. The van der Waals surface area contributed by atoms with E-state index in [0.29, 0.717) is 26.2 Å². The first kappa shape index (κ1) is 15.1. The van der Waals surface area contributed by atoms with Crippen LogP contribution in [-0.4, -0.2) is 43.3 Å². The lowest BCUT2D eigenvalue weighted by atomic mass is 10.0. The van der Waals surface area contributed by atoms with Gasteiger partial charge in [-0.2, -0.15) is 0 Å². The van der Waals surface area contributed by atoms with E-state index < -0.39 is 13.7 Å². The molecular formula is C11H23O5P. The van der Waals surface area contributed by atoms with Crippen molar-refractivity contribution in [3.05, 3.63) is 0 Å². The van der Waals surface area contributed by atoms with Crippen LogP contribution in [0.5, 0.6) is 0 Å². The number of ether oxygens (including phenoxy) is 1. The minimum atomic E-state index is -3.05. The van der Waals surface area contributed by atoms with Gasteiger partial charge >= 0.3 is 7.60 Å². The van der Waals surface area contributed by atoms with E-state index in [4.69, 9.17) is 13.8 Å². The van der Waals surface area contributed by atoms with E-state index in [1.165, 1.54) is 0 Å². The molecule has 0 radical (unpaired) electrons. The lowest BCUT2D eigenvalue weighted by Gasteiger charge is -2.25. The topological polar surface area (TPSA) is 65.0 Å². The molecule has 0 aromatic carbocycles. The Morgan fingerprint density at radius 2 is 2.00 bits per heavy atom. The Labute approximate surface area is 103 Å². The first-order valence-electron chi connectivity index (χ1n) is 6.20. The monoisotopic (exact) mass is 266 g/mol. The van der Waals surface area contributed by atoms with Crippen LogP contribution in [0.1, 0.15) is 27.2 Å². The first-order valence-corrected chi connectivity index (χ1v) is 7.93. The van der Waals surface area contributed by atoms with Gasteiger partial charge in [0.05, 0.1) is 31.6 Å². The number of aliphatic hydroxyl groups is 1. The van der Waals surface area contributed by atoms with Gasteiger partial charge in [-0.1, -0.05) is 6.92 Å². The summed E-state index contributed by atoms with van der Waals surface area (Å²) >= 11 is 0. The normalized spacial score (nSPS) is 27.3. The summed E-state index contributed by atoms with van der Waals surface area (Å²) in [6.45, 7) is 6.76. The van der Waals surface area contributed by atoms with Crippen LogP contribution in [0.2, 0.25) is 0 Å². The maximum Gasteiger partial charge on any atom is 0.331 e. The fourth-order valence-electron chi connectivity index (χ4n) is 2.14. The molecule has 0 aromatic heterocycles. The highest BCUT2D eigenvalue weighted by Gasteiger charge is 2.36. The molecule has 5 nitrogen and oxygen atoms in total. The predicted octanol–water partition coefficient (Wildman–Crippen LogP) is 2.04. The van der Waals surface area contributed by atoms with Crippen LogP contribution in [0.25, 0.3) is 0 Å². The van der Waals surface area contributed by atoms with E-state index in [2.05, 4.69) is 0 Å². The Bertz CT molecular complexity index is 261. The maximum atomic E-state index is 12.3. The van der Waals surface area contributed by atoms with Crippen LogP contribution in [0, 0.1) is 5.92 Å². The van der Waals surface area contributed by atoms with Crippen LogP contribution in [-0.2, 0) is 18.3 Å². The number of hydrogen-bond donors (Lipinski definition) is 1. The van der Waals surface area contributed by atoms with E-state index in [1.807, 2.05) is 6.92 Å². The second kappa shape index (κ2) is 6.86. The summed E-state index contributed by atoms with van der Waals surface area (Å²) < 4.78 is 28.2. The van der Waals surface area contributed by atoms with E-state index in [1.54, 1.807) is 13.8 Å². The summed E-state index contributed by atoms with van der Waals surface area (Å²) in [5.74, 6) is -0.0450. The third kappa shape index (κ3) is 4.34. The minimum Gasteiger partial charge on any atom is -0.390 e. The van der Waals surface area contributed by atoms with Crippen molar-refractivity contribution in [2.24, 2.45) is 5.92 Å². The smallest absolute Gasteiger partial charge is 0.331 e. The summed E-state index contributed by atoms with van der Waals surface area (Å²) in [4.78, 5) is 0. The maximum absolute atomic E-state index is 12.3. The predicted molar refractivity (Wildman–Crippen MR) is 65.3 cm³/mol. The van der Waals surface area contributed by atoms with Crippen molar-refractivity contribution in [2.45, 2.75) is 39.4 Å². The van der Waals surface area contributed by atoms with E-state index in [-0.39, 0.29) is 18.2 Å². The molecule has 1 aliphatic heterocycles. The fraction of sp³-hybridized carbons (Fsp3) is 1.00. The third-order valence-electron chi connectivity index (χ3n) is 2.83. The molecule has 1 unspecified atom stereocenters. The average molecular weight is 266 g/mol. The standard InChI is InChI=1S/C11H23O5P/c1-4-15-17(13,16-5-2)8-9(3)11-10(12)6-7-14-11/h9-12H,4-8H2,1-3H3/t9-,10+,11?/m0/s1. The molecule has 0 aliphatic carbocycles. The highest BCUT2D eigenvalue weighted by molar-refractivity contribution is 7.53. The van der Waals surface area contributed by atoms with Crippen LogP contribution in [0.15, 0.2) is 0 Å². The molecule has 1 rings (SSSR count). The van der Waals surface area contributed by atoms with Crippen molar-refractivity contribution < 1.29 is 23.5 Å². The van der Waals surface area contributed by atoms with E-state index in [9.17, 15) is 9.67 Å². The SMILES string of the molecule is CCOP(=O)(C[C@H](C)C1OCC[C@H]1O)OCC. The summed E-state index contributed by atoms with van der Waals surface area (Å²) in [5, 5.41) is 9.72. The molecule has 1 saturated heterocycles. The molecule has 0 saturated carbocycles. The van der Waals surface area contributed by atoms with Gasteiger partial charge in [0.15, 0.2) is 0 Å². The summed E-state index contributed by atoms with van der Waals surface area (Å²) in [6, 6.07) is 0. The van der Waals surface area contributed by atoms with Gasteiger partial charge in [-0.15, -0.1) is 0 Å². The zero-order chi connectivity index (χ0) is 12.9. The molecule has 3 atom stereocenters. The summed E-state index contributed by atoms with van der Waals surface area (Å²) in [5.41, 5.74) is 0.